The van der Waals surface area contributed by atoms with Crippen LogP contribution in [0.1, 0.15) is 47.5 Å². The van der Waals surface area contributed by atoms with E-state index in [0.717, 1.165) is 18.4 Å². The largest absolute Gasteiger partial charge is 0.507 e. The van der Waals surface area contributed by atoms with Gasteiger partial charge in [0.2, 0.25) is 0 Å². The van der Waals surface area contributed by atoms with Gasteiger partial charge >= 0.3 is 5.97 Å². The van der Waals surface area contributed by atoms with Crippen LogP contribution in [0.4, 0.5) is 0 Å². The quantitative estimate of drug-likeness (QED) is 0.782. The lowest BCUT2D eigenvalue weighted by Crippen LogP contribution is -1.99. The minimum absolute atomic E-state index is 0.0169. The molecule has 3 nitrogen and oxygen atoms in total. The van der Waals surface area contributed by atoms with Crippen LogP contribution in [0, 0.1) is 0 Å². The van der Waals surface area contributed by atoms with Gasteiger partial charge in [0.25, 0.3) is 0 Å². The van der Waals surface area contributed by atoms with E-state index in [1.165, 1.54) is 18.9 Å². The summed E-state index contributed by atoms with van der Waals surface area (Å²) in [6, 6.07) is 4.91. The fraction of sp³-hybridized carbons (Fsp3) is 0.417. The van der Waals surface area contributed by atoms with Crippen LogP contribution in [0.15, 0.2) is 18.2 Å². The fourth-order valence-electron chi connectivity index (χ4n) is 2.24. The number of rotatable bonds is 2. The van der Waals surface area contributed by atoms with E-state index in [1.54, 1.807) is 6.07 Å². The smallest absolute Gasteiger partial charge is 0.339 e. The van der Waals surface area contributed by atoms with Gasteiger partial charge in [-0.15, -0.1) is 0 Å². The van der Waals surface area contributed by atoms with E-state index in [1.807, 2.05) is 6.07 Å². The summed E-state index contributed by atoms with van der Waals surface area (Å²) in [6.07, 6.45) is 4.75. The zero-order valence-corrected chi connectivity index (χ0v) is 8.44. The van der Waals surface area contributed by atoms with Gasteiger partial charge in [0.05, 0.1) is 0 Å². The second kappa shape index (κ2) is 3.93. The van der Waals surface area contributed by atoms with E-state index < -0.39 is 5.97 Å². The van der Waals surface area contributed by atoms with Crippen molar-refractivity contribution in [1.29, 1.82) is 0 Å². The van der Waals surface area contributed by atoms with Crippen molar-refractivity contribution in [2.45, 2.75) is 31.6 Å². The average molecular weight is 206 g/mol. The highest BCUT2D eigenvalue weighted by Gasteiger charge is 2.19. The van der Waals surface area contributed by atoms with Crippen LogP contribution >= 0.6 is 0 Å². The van der Waals surface area contributed by atoms with Crippen LogP contribution in [0.3, 0.4) is 0 Å². The Hall–Kier alpha value is -1.51. The van der Waals surface area contributed by atoms with Crippen molar-refractivity contribution in [3.8, 4) is 5.75 Å². The average Bonchev–Trinajstić information content (AvgIpc) is 2.69. The molecule has 0 radical (unpaired) electrons. The van der Waals surface area contributed by atoms with Crippen molar-refractivity contribution >= 4 is 5.97 Å². The van der Waals surface area contributed by atoms with Gasteiger partial charge in [-0.25, -0.2) is 4.79 Å². The molecule has 0 aliphatic heterocycles. The maximum atomic E-state index is 10.7. The molecule has 2 rings (SSSR count). The summed E-state index contributed by atoms with van der Waals surface area (Å²) in [4.78, 5) is 10.7. The molecule has 1 aliphatic carbocycles. The SMILES string of the molecule is O=C(O)c1ccc(C2CCCC2)cc1O. The molecule has 15 heavy (non-hydrogen) atoms. The molecule has 80 valence electrons. The number of aromatic carboxylic acids is 1. The van der Waals surface area contributed by atoms with Crippen LogP contribution in [-0.2, 0) is 0 Å². The number of hydrogen-bond donors (Lipinski definition) is 2. The first-order valence-corrected chi connectivity index (χ1v) is 5.24. The lowest BCUT2D eigenvalue weighted by atomic mass is 9.96. The van der Waals surface area contributed by atoms with E-state index >= 15 is 0 Å². The molecular weight excluding hydrogens is 192 g/mol. The summed E-state index contributed by atoms with van der Waals surface area (Å²) in [5, 5.41) is 18.3. The number of benzene rings is 1. The first kappa shape index (κ1) is 10.0. The number of carboxylic acids is 1. The van der Waals surface area contributed by atoms with E-state index in [9.17, 15) is 9.90 Å². The van der Waals surface area contributed by atoms with Gasteiger partial charge < -0.3 is 10.2 Å². The van der Waals surface area contributed by atoms with Crippen molar-refractivity contribution in [3.63, 3.8) is 0 Å². The monoisotopic (exact) mass is 206 g/mol. The molecule has 1 fully saturated rings. The maximum absolute atomic E-state index is 10.7. The first-order valence-electron chi connectivity index (χ1n) is 5.24. The molecule has 3 heteroatoms. The highest BCUT2D eigenvalue weighted by molar-refractivity contribution is 5.90. The van der Waals surface area contributed by atoms with Gasteiger partial charge in [0.1, 0.15) is 11.3 Å². The Kier molecular flexibility index (Phi) is 2.62. The normalized spacial score (nSPS) is 16.8. The highest BCUT2D eigenvalue weighted by Crippen LogP contribution is 2.35. The third-order valence-corrected chi connectivity index (χ3v) is 3.08. The molecule has 0 saturated heterocycles. The van der Waals surface area contributed by atoms with Crippen LogP contribution in [-0.4, -0.2) is 16.2 Å². The minimum atomic E-state index is -1.08. The Morgan fingerprint density at radius 3 is 2.47 bits per heavy atom. The second-order valence-electron chi connectivity index (χ2n) is 4.06. The second-order valence-corrected chi connectivity index (χ2v) is 4.06. The number of carboxylic acid groups (broad SMARTS) is 1. The summed E-state index contributed by atoms with van der Waals surface area (Å²) in [7, 11) is 0. The molecule has 0 bridgehead atoms. The molecule has 2 N–H and O–H groups in total. The summed E-state index contributed by atoms with van der Waals surface area (Å²) in [5.74, 6) is -0.698. The molecule has 0 spiro atoms. The van der Waals surface area contributed by atoms with E-state index in [0.29, 0.717) is 5.92 Å². The zero-order valence-electron chi connectivity index (χ0n) is 8.44. The predicted molar refractivity (Wildman–Crippen MR) is 56.3 cm³/mol. The van der Waals surface area contributed by atoms with Gasteiger partial charge in [-0.2, -0.15) is 0 Å². The van der Waals surface area contributed by atoms with E-state index in [2.05, 4.69) is 0 Å². The Balaban J connectivity index is 2.28. The zero-order chi connectivity index (χ0) is 10.8. The lowest BCUT2D eigenvalue weighted by molar-refractivity contribution is 0.0693. The summed E-state index contributed by atoms with van der Waals surface area (Å²) < 4.78 is 0. The molecule has 0 atom stereocenters. The minimum Gasteiger partial charge on any atom is -0.507 e. The molecule has 1 aliphatic rings. The van der Waals surface area contributed by atoms with Crippen molar-refractivity contribution in [2.75, 3.05) is 0 Å². The molecule has 1 aromatic carbocycles. The van der Waals surface area contributed by atoms with Gasteiger partial charge in [0, 0.05) is 0 Å². The van der Waals surface area contributed by atoms with Crippen LogP contribution in [0.2, 0.25) is 0 Å². The Morgan fingerprint density at radius 2 is 1.93 bits per heavy atom. The highest BCUT2D eigenvalue weighted by atomic mass is 16.4. The van der Waals surface area contributed by atoms with Crippen molar-refractivity contribution in [1.82, 2.24) is 0 Å². The third-order valence-electron chi connectivity index (χ3n) is 3.08. The molecule has 0 aromatic heterocycles. The van der Waals surface area contributed by atoms with Gasteiger partial charge in [-0.05, 0) is 36.5 Å². The van der Waals surface area contributed by atoms with Crippen molar-refractivity contribution < 1.29 is 15.0 Å². The van der Waals surface area contributed by atoms with Gasteiger partial charge in [-0.1, -0.05) is 18.9 Å². The molecule has 0 heterocycles. The number of hydrogen-bond acceptors (Lipinski definition) is 2. The molecular formula is C12H14O3. The predicted octanol–water partition coefficient (Wildman–Crippen LogP) is 2.75. The number of carbonyl (C=O) groups is 1. The van der Waals surface area contributed by atoms with Crippen LogP contribution < -0.4 is 0 Å². The van der Waals surface area contributed by atoms with Crippen molar-refractivity contribution in [3.05, 3.63) is 29.3 Å². The molecule has 0 amide bonds. The van der Waals surface area contributed by atoms with E-state index in [-0.39, 0.29) is 11.3 Å². The summed E-state index contributed by atoms with van der Waals surface area (Å²) in [5.41, 5.74) is 1.05. The van der Waals surface area contributed by atoms with Crippen LogP contribution in [0.25, 0.3) is 0 Å². The number of aromatic hydroxyl groups is 1. The van der Waals surface area contributed by atoms with E-state index in [4.69, 9.17) is 5.11 Å². The summed E-state index contributed by atoms with van der Waals surface area (Å²) >= 11 is 0. The Morgan fingerprint density at radius 1 is 1.27 bits per heavy atom. The van der Waals surface area contributed by atoms with Crippen molar-refractivity contribution in [2.24, 2.45) is 0 Å². The van der Waals surface area contributed by atoms with Crippen LogP contribution in [0.5, 0.6) is 5.75 Å². The third kappa shape index (κ3) is 1.96. The molecule has 1 saturated carbocycles. The standard InChI is InChI=1S/C12H14O3/c13-11-7-9(8-3-1-2-4-8)5-6-10(11)12(14)15/h5-8,13H,1-4H2,(H,14,15). The number of phenols is 1. The van der Waals surface area contributed by atoms with Gasteiger partial charge in [-0.3, -0.25) is 0 Å². The topological polar surface area (TPSA) is 57.5 Å². The maximum Gasteiger partial charge on any atom is 0.339 e. The molecule has 0 unspecified atom stereocenters. The summed E-state index contributed by atoms with van der Waals surface area (Å²) in [6.45, 7) is 0. The first-order chi connectivity index (χ1) is 7.18. The molecule has 1 aromatic rings. The Labute approximate surface area is 88.4 Å². The fourth-order valence-corrected chi connectivity index (χ4v) is 2.24. The Bertz CT molecular complexity index is 378. The van der Waals surface area contributed by atoms with Gasteiger partial charge in [0.15, 0.2) is 0 Å². The lowest BCUT2D eigenvalue weighted by Gasteiger charge is -2.10.